The second-order valence-electron chi connectivity index (χ2n) is 5.10. The third kappa shape index (κ3) is 4.85. The first-order valence-electron chi connectivity index (χ1n) is 6.05. The van der Waals surface area contributed by atoms with Crippen molar-refractivity contribution >= 4 is 19.7 Å². The molecule has 5 nitrogen and oxygen atoms in total. The first-order valence-corrected chi connectivity index (χ1v) is 9.76. The molecule has 0 heterocycles. The third-order valence-electron chi connectivity index (χ3n) is 3.53. The molecule has 0 saturated carbocycles. The summed E-state index contributed by atoms with van der Waals surface area (Å²) in [6.45, 7) is 4.95. The van der Waals surface area contributed by atoms with Crippen LogP contribution in [0.1, 0.15) is 33.6 Å². The summed E-state index contributed by atoms with van der Waals surface area (Å²) in [5.74, 6) is 0.244. The van der Waals surface area contributed by atoms with Crippen LogP contribution in [0.25, 0.3) is 0 Å². The molecule has 0 rings (SSSR count). The molecule has 0 aromatic heterocycles. The van der Waals surface area contributed by atoms with E-state index in [1.54, 1.807) is 27.8 Å². The number of sulfone groups is 2. The lowest BCUT2D eigenvalue weighted by atomic mass is 9.99. The summed E-state index contributed by atoms with van der Waals surface area (Å²) in [5, 5.41) is 2.98. The SMILES string of the molecule is CCS(=O)(=O)CCCC(NC)C(C)(C)S(C)(=O)=O. The molecule has 0 saturated heterocycles. The van der Waals surface area contributed by atoms with Gasteiger partial charge in [0.25, 0.3) is 0 Å². The van der Waals surface area contributed by atoms with E-state index < -0.39 is 24.4 Å². The standard InChI is InChI=1S/C11H25NO4S2/c1-6-18(15,16)9-7-8-10(12-4)11(2,3)17(5,13)14/h10,12H,6-9H2,1-5H3. The highest BCUT2D eigenvalue weighted by Crippen LogP contribution is 2.23. The summed E-state index contributed by atoms with van der Waals surface area (Å²) in [4.78, 5) is 0. The van der Waals surface area contributed by atoms with E-state index in [2.05, 4.69) is 5.32 Å². The molecule has 110 valence electrons. The maximum atomic E-state index is 11.7. The predicted octanol–water partition coefficient (Wildman–Crippen LogP) is 0.613. The minimum Gasteiger partial charge on any atom is -0.315 e. The van der Waals surface area contributed by atoms with Gasteiger partial charge in [0.15, 0.2) is 9.84 Å². The van der Waals surface area contributed by atoms with Crippen molar-refractivity contribution in [2.24, 2.45) is 0 Å². The van der Waals surface area contributed by atoms with Gasteiger partial charge in [0.05, 0.1) is 10.5 Å². The van der Waals surface area contributed by atoms with Crippen molar-refractivity contribution in [3.05, 3.63) is 0 Å². The first-order chi connectivity index (χ1) is 7.98. The highest BCUT2D eigenvalue weighted by Gasteiger charge is 2.37. The number of rotatable bonds is 8. The van der Waals surface area contributed by atoms with Gasteiger partial charge in [-0.25, -0.2) is 16.8 Å². The van der Waals surface area contributed by atoms with Crippen LogP contribution < -0.4 is 5.32 Å². The van der Waals surface area contributed by atoms with Crippen molar-refractivity contribution in [2.75, 3.05) is 24.8 Å². The van der Waals surface area contributed by atoms with Gasteiger partial charge in [-0.2, -0.15) is 0 Å². The molecule has 7 heteroatoms. The molecule has 1 unspecified atom stereocenters. The minimum absolute atomic E-state index is 0.113. The Labute approximate surface area is 111 Å². The van der Waals surface area contributed by atoms with E-state index in [-0.39, 0.29) is 17.5 Å². The minimum atomic E-state index is -3.20. The maximum absolute atomic E-state index is 11.7. The van der Waals surface area contributed by atoms with Gasteiger partial charge in [0.1, 0.15) is 9.84 Å². The quantitative estimate of drug-likeness (QED) is 0.710. The molecule has 0 spiro atoms. The highest BCUT2D eigenvalue weighted by molar-refractivity contribution is 7.92. The van der Waals surface area contributed by atoms with Gasteiger partial charge < -0.3 is 5.32 Å². The average molecular weight is 299 g/mol. The molecular formula is C11H25NO4S2. The molecule has 0 bridgehead atoms. The van der Waals surface area contributed by atoms with Gasteiger partial charge in [-0.1, -0.05) is 6.92 Å². The second kappa shape index (κ2) is 6.34. The Morgan fingerprint density at radius 3 is 2.00 bits per heavy atom. The van der Waals surface area contributed by atoms with Gasteiger partial charge in [0.2, 0.25) is 0 Å². The predicted molar refractivity (Wildman–Crippen MR) is 75.3 cm³/mol. The van der Waals surface area contributed by atoms with Crippen molar-refractivity contribution in [3.8, 4) is 0 Å². The Hall–Kier alpha value is -0.140. The Bertz CT molecular complexity index is 451. The van der Waals surface area contributed by atoms with Gasteiger partial charge in [-0.3, -0.25) is 0 Å². The molecule has 18 heavy (non-hydrogen) atoms. The summed E-state index contributed by atoms with van der Waals surface area (Å²) in [6.07, 6.45) is 2.20. The molecule has 1 atom stereocenters. The fourth-order valence-electron chi connectivity index (χ4n) is 1.75. The van der Waals surface area contributed by atoms with E-state index in [4.69, 9.17) is 0 Å². The molecule has 1 N–H and O–H groups in total. The van der Waals surface area contributed by atoms with Crippen LogP contribution in [-0.2, 0) is 19.7 Å². The Morgan fingerprint density at radius 2 is 1.67 bits per heavy atom. The summed E-state index contributed by atoms with van der Waals surface area (Å²) >= 11 is 0. The molecule has 0 aliphatic heterocycles. The summed E-state index contributed by atoms with van der Waals surface area (Å²) < 4.78 is 45.3. The molecule has 0 aromatic carbocycles. The lowest BCUT2D eigenvalue weighted by molar-refractivity contribution is 0.408. The third-order valence-corrected chi connectivity index (χ3v) is 7.52. The van der Waals surface area contributed by atoms with Crippen molar-refractivity contribution in [2.45, 2.75) is 44.4 Å². The van der Waals surface area contributed by atoms with E-state index in [1.807, 2.05) is 0 Å². The van der Waals surface area contributed by atoms with Gasteiger partial charge in [-0.15, -0.1) is 0 Å². The van der Waals surface area contributed by atoms with Crippen LogP contribution in [0.4, 0.5) is 0 Å². The summed E-state index contributed by atoms with van der Waals surface area (Å²) in [7, 11) is -4.48. The number of hydrogen-bond acceptors (Lipinski definition) is 5. The van der Waals surface area contributed by atoms with Crippen LogP contribution in [0.5, 0.6) is 0 Å². The zero-order chi connectivity index (χ0) is 14.6. The van der Waals surface area contributed by atoms with E-state index in [0.29, 0.717) is 12.8 Å². The van der Waals surface area contributed by atoms with Crippen LogP contribution in [-0.4, -0.2) is 52.4 Å². The van der Waals surface area contributed by atoms with E-state index in [0.717, 1.165) is 0 Å². The fourth-order valence-corrected chi connectivity index (χ4v) is 3.40. The van der Waals surface area contributed by atoms with Crippen LogP contribution >= 0.6 is 0 Å². The smallest absolute Gasteiger partial charge is 0.154 e. The van der Waals surface area contributed by atoms with Crippen molar-refractivity contribution in [1.82, 2.24) is 5.32 Å². The summed E-state index contributed by atoms with van der Waals surface area (Å²) in [6, 6.07) is -0.250. The first kappa shape index (κ1) is 17.9. The van der Waals surface area contributed by atoms with Gasteiger partial charge >= 0.3 is 0 Å². The maximum Gasteiger partial charge on any atom is 0.154 e. The van der Waals surface area contributed by atoms with Crippen molar-refractivity contribution in [3.63, 3.8) is 0 Å². The van der Waals surface area contributed by atoms with Gasteiger partial charge in [0, 0.05) is 18.1 Å². The van der Waals surface area contributed by atoms with E-state index >= 15 is 0 Å². The molecule has 0 radical (unpaired) electrons. The molecular weight excluding hydrogens is 274 g/mol. The van der Waals surface area contributed by atoms with Crippen LogP contribution in [0, 0.1) is 0 Å². The molecule has 0 aliphatic rings. The van der Waals surface area contributed by atoms with Crippen LogP contribution in [0.3, 0.4) is 0 Å². The Kier molecular flexibility index (Phi) is 6.29. The van der Waals surface area contributed by atoms with Crippen molar-refractivity contribution in [1.29, 1.82) is 0 Å². The zero-order valence-electron chi connectivity index (χ0n) is 11.9. The topological polar surface area (TPSA) is 80.3 Å². The fraction of sp³-hybridized carbons (Fsp3) is 1.00. The monoisotopic (exact) mass is 299 g/mol. The highest BCUT2D eigenvalue weighted by atomic mass is 32.2. The zero-order valence-corrected chi connectivity index (χ0v) is 13.5. The molecule has 0 amide bonds. The lowest BCUT2D eigenvalue weighted by Gasteiger charge is -2.32. The van der Waals surface area contributed by atoms with Crippen molar-refractivity contribution < 1.29 is 16.8 Å². The average Bonchev–Trinajstić information content (AvgIpc) is 2.22. The molecule has 0 aliphatic carbocycles. The van der Waals surface area contributed by atoms with Gasteiger partial charge in [-0.05, 0) is 33.7 Å². The van der Waals surface area contributed by atoms with E-state index in [1.165, 1.54) is 6.26 Å². The second-order valence-corrected chi connectivity index (χ2v) is 10.2. The Morgan fingerprint density at radius 1 is 1.17 bits per heavy atom. The molecule has 0 fully saturated rings. The Balaban J connectivity index is 4.66. The number of nitrogens with one attached hydrogen (secondary N) is 1. The largest absolute Gasteiger partial charge is 0.315 e. The molecule has 0 aromatic rings. The van der Waals surface area contributed by atoms with Crippen LogP contribution in [0.2, 0.25) is 0 Å². The summed E-state index contributed by atoms with van der Waals surface area (Å²) in [5.41, 5.74) is 0. The van der Waals surface area contributed by atoms with Crippen LogP contribution in [0.15, 0.2) is 0 Å². The number of hydrogen-bond donors (Lipinski definition) is 1. The lowest BCUT2D eigenvalue weighted by Crippen LogP contribution is -2.50. The normalized spacial score (nSPS) is 15.6. The van der Waals surface area contributed by atoms with E-state index in [9.17, 15) is 16.8 Å².